The molecule has 7 heteroatoms. The second kappa shape index (κ2) is 9.21. The molecular formula is C22H18ClFN2O3. The highest BCUT2D eigenvalue weighted by molar-refractivity contribution is 6.31. The van der Waals surface area contributed by atoms with Gasteiger partial charge in [0.25, 0.3) is 11.8 Å². The molecule has 0 unspecified atom stereocenters. The van der Waals surface area contributed by atoms with Gasteiger partial charge >= 0.3 is 0 Å². The normalized spacial score (nSPS) is 10.3. The maximum Gasteiger partial charge on any atom is 0.255 e. The topological polar surface area (TPSA) is 67.4 Å². The molecule has 0 bridgehead atoms. The number of hydrogen-bond acceptors (Lipinski definition) is 3. The first-order valence-corrected chi connectivity index (χ1v) is 9.11. The quantitative estimate of drug-likeness (QED) is 0.618. The Morgan fingerprint density at radius 1 is 1.00 bits per heavy atom. The van der Waals surface area contributed by atoms with E-state index in [9.17, 15) is 14.0 Å². The van der Waals surface area contributed by atoms with Crippen LogP contribution in [0.3, 0.4) is 0 Å². The lowest BCUT2D eigenvalue weighted by atomic mass is 10.1. The van der Waals surface area contributed by atoms with Crippen molar-refractivity contribution in [3.05, 3.63) is 94.3 Å². The number of rotatable bonds is 6. The van der Waals surface area contributed by atoms with Gasteiger partial charge in [0, 0.05) is 17.1 Å². The summed E-state index contributed by atoms with van der Waals surface area (Å²) in [6.45, 7) is 0.282. The first-order chi connectivity index (χ1) is 14.0. The lowest BCUT2D eigenvalue weighted by Gasteiger charge is -2.12. The second-order valence-corrected chi connectivity index (χ2v) is 6.62. The second-order valence-electron chi connectivity index (χ2n) is 6.19. The number of nitrogens with one attached hydrogen (secondary N) is 2. The molecule has 0 fully saturated rings. The van der Waals surface area contributed by atoms with Gasteiger partial charge in [0.2, 0.25) is 0 Å². The van der Waals surface area contributed by atoms with Crippen LogP contribution >= 0.6 is 11.6 Å². The average molecular weight is 413 g/mol. The highest BCUT2D eigenvalue weighted by Gasteiger charge is 2.15. The van der Waals surface area contributed by atoms with Crippen LogP contribution in [-0.2, 0) is 6.54 Å². The van der Waals surface area contributed by atoms with Crippen LogP contribution < -0.4 is 15.4 Å². The van der Waals surface area contributed by atoms with Gasteiger partial charge in [-0.25, -0.2) is 4.39 Å². The Balaban J connectivity index is 1.75. The Morgan fingerprint density at radius 3 is 2.48 bits per heavy atom. The lowest BCUT2D eigenvalue weighted by Crippen LogP contribution is -2.25. The Bertz CT molecular complexity index is 1040. The predicted molar refractivity (Wildman–Crippen MR) is 110 cm³/mol. The number of benzene rings is 3. The summed E-state index contributed by atoms with van der Waals surface area (Å²) in [5.41, 5.74) is 1.64. The summed E-state index contributed by atoms with van der Waals surface area (Å²) in [7, 11) is 1.57. The van der Waals surface area contributed by atoms with E-state index in [4.69, 9.17) is 16.3 Å². The Hall–Kier alpha value is -3.38. The molecule has 0 heterocycles. The number of hydrogen-bond donors (Lipinski definition) is 2. The van der Waals surface area contributed by atoms with E-state index in [1.165, 1.54) is 36.4 Å². The van der Waals surface area contributed by atoms with Gasteiger partial charge in [-0.1, -0.05) is 23.7 Å². The van der Waals surface area contributed by atoms with Gasteiger partial charge in [-0.3, -0.25) is 9.59 Å². The third kappa shape index (κ3) is 5.33. The van der Waals surface area contributed by atoms with Gasteiger partial charge in [-0.2, -0.15) is 0 Å². The number of halogens is 2. The summed E-state index contributed by atoms with van der Waals surface area (Å²) in [4.78, 5) is 25.1. The monoisotopic (exact) mass is 412 g/mol. The van der Waals surface area contributed by atoms with Gasteiger partial charge in [-0.15, -0.1) is 0 Å². The van der Waals surface area contributed by atoms with Crippen LogP contribution in [0.1, 0.15) is 26.3 Å². The molecule has 0 saturated carbocycles. The molecule has 0 spiro atoms. The summed E-state index contributed by atoms with van der Waals surface area (Å²) in [6.07, 6.45) is 0. The zero-order valence-electron chi connectivity index (χ0n) is 15.5. The fraction of sp³-hybridized carbons (Fsp3) is 0.0909. The molecule has 2 amide bonds. The van der Waals surface area contributed by atoms with Crippen LogP contribution in [0, 0.1) is 5.82 Å². The molecule has 0 aliphatic rings. The minimum Gasteiger partial charge on any atom is -0.497 e. The maximum absolute atomic E-state index is 13.1. The molecule has 3 aromatic carbocycles. The largest absolute Gasteiger partial charge is 0.497 e. The van der Waals surface area contributed by atoms with Crippen LogP contribution in [0.25, 0.3) is 0 Å². The fourth-order valence-electron chi connectivity index (χ4n) is 2.67. The summed E-state index contributed by atoms with van der Waals surface area (Å²) in [5, 5.41) is 5.83. The fourth-order valence-corrected chi connectivity index (χ4v) is 2.85. The zero-order valence-corrected chi connectivity index (χ0v) is 16.3. The van der Waals surface area contributed by atoms with Crippen LogP contribution in [0.4, 0.5) is 10.1 Å². The van der Waals surface area contributed by atoms with Crippen molar-refractivity contribution in [2.75, 3.05) is 12.4 Å². The van der Waals surface area contributed by atoms with E-state index < -0.39 is 11.7 Å². The van der Waals surface area contributed by atoms with Crippen molar-refractivity contribution >= 4 is 29.1 Å². The predicted octanol–water partition coefficient (Wildman–Crippen LogP) is 4.67. The first kappa shape index (κ1) is 20.4. The smallest absolute Gasteiger partial charge is 0.255 e. The van der Waals surface area contributed by atoms with Gasteiger partial charge in [-0.05, 0) is 60.2 Å². The standard InChI is InChI=1S/C22H18ClFN2O3/c1-29-18-4-2-3-14(11-18)13-25-22(28)19-10-7-16(23)12-20(19)26-21(27)15-5-8-17(24)9-6-15/h2-12H,13H2,1H3,(H,25,28)(H,26,27). The minimum atomic E-state index is -0.478. The van der Waals surface area contributed by atoms with Gasteiger partial charge < -0.3 is 15.4 Å². The number of carbonyl (C=O) groups is 2. The number of anilines is 1. The van der Waals surface area contributed by atoms with Crippen molar-refractivity contribution in [1.82, 2.24) is 5.32 Å². The molecule has 0 radical (unpaired) electrons. The number of carbonyl (C=O) groups excluding carboxylic acids is 2. The van der Waals surface area contributed by atoms with Crippen LogP contribution in [-0.4, -0.2) is 18.9 Å². The molecule has 0 aliphatic carbocycles. The summed E-state index contributed by atoms with van der Waals surface area (Å²) in [5.74, 6) is -0.606. The van der Waals surface area contributed by atoms with Crippen molar-refractivity contribution < 1.29 is 18.7 Å². The molecule has 29 heavy (non-hydrogen) atoms. The van der Waals surface area contributed by atoms with Crippen molar-refractivity contribution in [2.24, 2.45) is 0 Å². The summed E-state index contributed by atoms with van der Waals surface area (Å²) < 4.78 is 18.2. The minimum absolute atomic E-state index is 0.257. The van der Waals surface area contributed by atoms with Crippen molar-refractivity contribution in [2.45, 2.75) is 6.54 Å². The third-order valence-electron chi connectivity index (χ3n) is 4.17. The molecule has 5 nitrogen and oxygen atoms in total. The Labute approximate surface area is 172 Å². The Kier molecular flexibility index (Phi) is 6.46. The van der Waals surface area contributed by atoms with Gasteiger partial charge in [0.1, 0.15) is 11.6 Å². The summed E-state index contributed by atoms with van der Waals surface area (Å²) in [6, 6.07) is 17.0. The van der Waals surface area contributed by atoms with Crippen LogP contribution in [0.15, 0.2) is 66.7 Å². The number of ether oxygens (including phenoxy) is 1. The first-order valence-electron chi connectivity index (χ1n) is 8.74. The van der Waals surface area contributed by atoms with Crippen LogP contribution in [0.2, 0.25) is 5.02 Å². The molecule has 3 aromatic rings. The van der Waals surface area contributed by atoms with E-state index in [-0.39, 0.29) is 29.3 Å². The Morgan fingerprint density at radius 2 is 1.76 bits per heavy atom. The molecule has 0 aromatic heterocycles. The van der Waals surface area contributed by atoms with E-state index in [1.54, 1.807) is 13.2 Å². The number of amides is 2. The molecule has 0 saturated heterocycles. The SMILES string of the molecule is COc1cccc(CNC(=O)c2ccc(Cl)cc2NC(=O)c2ccc(F)cc2)c1. The number of methoxy groups -OCH3 is 1. The van der Waals surface area contributed by atoms with Gasteiger partial charge in [0.05, 0.1) is 18.4 Å². The van der Waals surface area contributed by atoms with E-state index in [0.717, 1.165) is 5.56 Å². The third-order valence-corrected chi connectivity index (χ3v) is 4.40. The van der Waals surface area contributed by atoms with Crippen molar-refractivity contribution in [3.63, 3.8) is 0 Å². The van der Waals surface area contributed by atoms with Gasteiger partial charge in [0.15, 0.2) is 0 Å². The lowest BCUT2D eigenvalue weighted by molar-refractivity contribution is 0.0951. The molecule has 2 N–H and O–H groups in total. The molecular weight excluding hydrogens is 395 g/mol. The molecule has 148 valence electrons. The van der Waals surface area contributed by atoms with Crippen molar-refractivity contribution in [3.8, 4) is 5.75 Å². The van der Waals surface area contributed by atoms with E-state index in [0.29, 0.717) is 10.8 Å². The molecule has 0 atom stereocenters. The maximum atomic E-state index is 13.1. The van der Waals surface area contributed by atoms with Crippen LogP contribution in [0.5, 0.6) is 5.75 Å². The van der Waals surface area contributed by atoms with E-state index in [2.05, 4.69) is 10.6 Å². The molecule has 0 aliphatic heterocycles. The average Bonchev–Trinajstić information content (AvgIpc) is 2.72. The summed E-state index contributed by atoms with van der Waals surface area (Å²) >= 11 is 6.03. The highest BCUT2D eigenvalue weighted by atomic mass is 35.5. The highest BCUT2D eigenvalue weighted by Crippen LogP contribution is 2.22. The molecule has 3 rings (SSSR count). The van der Waals surface area contributed by atoms with E-state index >= 15 is 0 Å². The van der Waals surface area contributed by atoms with Crippen molar-refractivity contribution in [1.29, 1.82) is 0 Å². The van der Waals surface area contributed by atoms with E-state index in [1.807, 2.05) is 24.3 Å². The zero-order chi connectivity index (χ0) is 20.8.